The number of imidazole rings is 1. The highest BCUT2D eigenvalue weighted by Crippen LogP contribution is 2.24. The minimum Gasteiger partial charge on any atom is -0.353 e. The van der Waals surface area contributed by atoms with Crippen LogP contribution in [0.2, 0.25) is 0 Å². The highest BCUT2D eigenvalue weighted by atomic mass is 15.3. The van der Waals surface area contributed by atoms with Crippen molar-refractivity contribution >= 4 is 5.95 Å². The highest BCUT2D eigenvalue weighted by Gasteiger charge is 2.24. The maximum atomic E-state index is 4.73. The molecule has 1 unspecified atom stereocenters. The number of nitrogens with one attached hydrogen (secondary N) is 1. The third kappa shape index (κ3) is 3.60. The Bertz CT molecular complexity index is 448. The van der Waals surface area contributed by atoms with Crippen molar-refractivity contribution in [3.05, 3.63) is 11.9 Å². The SMILES string of the molecule is CCN1CCCC1Cn1cc(C)nc1NC1CCCCC1. The van der Waals surface area contributed by atoms with Crippen LogP contribution in [0.1, 0.15) is 57.6 Å². The van der Waals surface area contributed by atoms with Crippen molar-refractivity contribution in [2.24, 2.45) is 0 Å². The molecule has 1 aromatic heterocycles. The molecule has 1 saturated heterocycles. The molecule has 4 heteroatoms. The van der Waals surface area contributed by atoms with E-state index in [1.54, 1.807) is 0 Å². The number of aromatic nitrogens is 2. The Balaban J connectivity index is 1.67. The summed E-state index contributed by atoms with van der Waals surface area (Å²) in [6.07, 6.45) is 11.6. The lowest BCUT2D eigenvalue weighted by atomic mass is 9.96. The zero-order valence-corrected chi connectivity index (χ0v) is 13.6. The lowest BCUT2D eigenvalue weighted by Gasteiger charge is -2.26. The van der Waals surface area contributed by atoms with E-state index >= 15 is 0 Å². The van der Waals surface area contributed by atoms with Gasteiger partial charge in [0.05, 0.1) is 5.69 Å². The van der Waals surface area contributed by atoms with E-state index in [-0.39, 0.29) is 0 Å². The average molecular weight is 290 g/mol. The second kappa shape index (κ2) is 6.82. The van der Waals surface area contributed by atoms with Crippen LogP contribution in [0.25, 0.3) is 0 Å². The number of hydrogen-bond donors (Lipinski definition) is 1. The molecule has 0 aromatic carbocycles. The summed E-state index contributed by atoms with van der Waals surface area (Å²) in [6, 6.07) is 1.32. The summed E-state index contributed by atoms with van der Waals surface area (Å²) >= 11 is 0. The summed E-state index contributed by atoms with van der Waals surface area (Å²) in [5.74, 6) is 1.10. The smallest absolute Gasteiger partial charge is 0.203 e. The number of aryl methyl sites for hydroxylation is 1. The summed E-state index contributed by atoms with van der Waals surface area (Å²) in [7, 11) is 0. The molecule has 0 bridgehead atoms. The molecule has 3 rings (SSSR count). The van der Waals surface area contributed by atoms with Crippen molar-refractivity contribution in [2.45, 2.75) is 77.4 Å². The zero-order chi connectivity index (χ0) is 14.7. The summed E-state index contributed by atoms with van der Waals surface area (Å²) in [4.78, 5) is 7.34. The van der Waals surface area contributed by atoms with Gasteiger partial charge >= 0.3 is 0 Å². The van der Waals surface area contributed by atoms with Crippen molar-refractivity contribution in [3.8, 4) is 0 Å². The van der Waals surface area contributed by atoms with Crippen LogP contribution in [0, 0.1) is 6.92 Å². The van der Waals surface area contributed by atoms with Crippen LogP contribution < -0.4 is 5.32 Å². The van der Waals surface area contributed by atoms with Crippen LogP contribution in [0.4, 0.5) is 5.95 Å². The van der Waals surface area contributed by atoms with Gasteiger partial charge < -0.3 is 9.88 Å². The Labute approximate surface area is 128 Å². The van der Waals surface area contributed by atoms with E-state index in [0.29, 0.717) is 12.1 Å². The summed E-state index contributed by atoms with van der Waals surface area (Å²) in [5, 5.41) is 3.71. The summed E-state index contributed by atoms with van der Waals surface area (Å²) in [5.41, 5.74) is 1.13. The maximum Gasteiger partial charge on any atom is 0.203 e. The number of rotatable bonds is 5. The molecule has 1 aliphatic carbocycles. The second-order valence-corrected chi connectivity index (χ2v) is 6.76. The van der Waals surface area contributed by atoms with E-state index < -0.39 is 0 Å². The van der Waals surface area contributed by atoms with Crippen LogP contribution in [0.3, 0.4) is 0 Å². The van der Waals surface area contributed by atoms with Gasteiger partial charge in [-0.2, -0.15) is 0 Å². The van der Waals surface area contributed by atoms with E-state index in [0.717, 1.165) is 18.2 Å². The molecule has 21 heavy (non-hydrogen) atoms. The molecular weight excluding hydrogens is 260 g/mol. The second-order valence-electron chi connectivity index (χ2n) is 6.76. The predicted molar refractivity (Wildman–Crippen MR) is 87.7 cm³/mol. The number of likely N-dealkylation sites (N-methyl/N-ethyl adjacent to an activating group) is 1. The van der Waals surface area contributed by atoms with E-state index in [1.165, 1.54) is 58.0 Å². The Morgan fingerprint density at radius 3 is 2.76 bits per heavy atom. The van der Waals surface area contributed by atoms with Gasteiger partial charge in [-0.1, -0.05) is 26.2 Å². The van der Waals surface area contributed by atoms with Gasteiger partial charge in [0.2, 0.25) is 5.95 Å². The largest absolute Gasteiger partial charge is 0.353 e. The fourth-order valence-electron chi connectivity index (χ4n) is 3.98. The third-order valence-corrected chi connectivity index (χ3v) is 5.15. The van der Waals surface area contributed by atoms with Gasteiger partial charge in [-0.3, -0.25) is 4.90 Å². The fourth-order valence-corrected chi connectivity index (χ4v) is 3.98. The van der Waals surface area contributed by atoms with Crippen LogP contribution in [0.15, 0.2) is 6.20 Å². The molecule has 0 spiro atoms. The standard InChI is InChI=1S/C17H30N4/c1-3-20-11-7-10-16(20)13-21-12-14(2)18-17(21)19-15-8-5-4-6-9-15/h12,15-16H,3-11,13H2,1-2H3,(H,18,19). The molecule has 1 aromatic rings. The van der Waals surface area contributed by atoms with Crippen LogP contribution in [0.5, 0.6) is 0 Å². The number of likely N-dealkylation sites (tertiary alicyclic amines) is 1. The van der Waals surface area contributed by atoms with E-state index in [9.17, 15) is 0 Å². The molecule has 1 saturated carbocycles. The van der Waals surface area contributed by atoms with Crippen molar-refractivity contribution in [1.82, 2.24) is 14.5 Å². The van der Waals surface area contributed by atoms with Crippen molar-refractivity contribution < 1.29 is 0 Å². The van der Waals surface area contributed by atoms with Gasteiger partial charge in [0.1, 0.15) is 0 Å². The molecule has 0 amide bonds. The van der Waals surface area contributed by atoms with Gasteiger partial charge in [-0.25, -0.2) is 4.98 Å². The minimum absolute atomic E-state index is 0.630. The van der Waals surface area contributed by atoms with Crippen LogP contribution in [-0.4, -0.2) is 39.6 Å². The molecule has 0 radical (unpaired) electrons. The van der Waals surface area contributed by atoms with Gasteiger partial charge in [0.25, 0.3) is 0 Å². The van der Waals surface area contributed by atoms with Gasteiger partial charge in [0, 0.05) is 24.8 Å². The van der Waals surface area contributed by atoms with E-state index in [1.807, 2.05) is 0 Å². The summed E-state index contributed by atoms with van der Waals surface area (Å²) in [6.45, 7) is 7.90. The third-order valence-electron chi connectivity index (χ3n) is 5.15. The molecule has 118 valence electrons. The number of hydrogen-bond acceptors (Lipinski definition) is 3. The van der Waals surface area contributed by atoms with Crippen LogP contribution in [-0.2, 0) is 6.54 Å². The quantitative estimate of drug-likeness (QED) is 0.902. The molecular formula is C17H30N4. The monoisotopic (exact) mass is 290 g/mol. The highest BCUT2D eigenvalue weighted by molar-refractivity contribution is 5.30. The lowest BCUT2D eigenvalue weighted by Crippen LogP contribution is -2.33. The Hall–Kier alpha value is -1.03. The molecule has 2 heterocycles. The maximum absolute atomic E-state index is 4.73. The van der Waals surface area contributed by atoms with Gasteiger partial charge in [0.15, 0.2) is 0 Å². The number of anilines is 1. The normalized spacial score (nSPS) is 24.6. The van der Waals surface area contributed by atoms with Crippen molar-refractivity contribution in [1.29, 1.82) is 0 Å². The first-order chi connectivity index (χ1) is 10.3. The van der Waals surface area contributed by atoms with E-state index in [4.69, 9.17) is 4.98 Å². The molecule has 1 N–H and O–H groups in total. The molecule has 4 nitrogen and oxygen atoms in total. The fraction of sp³-hybridized carbons (Fsp3) is 0.824. The Morgan fingerprint density at radius 2 is 2.00 bits per heavy atom. The molecule has 1 atom stereocenters. The number of nitrogens with zero attached hydrogens (tertiary/aromatic N) is 3. The van der Waals surface area contributed by atoms with Crippen molar-refractivity contribution in [3.63, 3.8) is 0 Å². The molecule has 2 fully saturated rings. The van der Waals surface area contributed by atoms with E-state index in [2.05, 4.69) is 34.8 Å². The first kappa shape index (κ1) is 14.9. The molecule has 2 aliphatic rings. The Kier molecular flexibility index (Phi) is 4.84. The Morgan fingerprint density at radius 1 is 1.19 bits per heavy atom. The first-order valence-corrected chi connectivity index (χ1v) is 8.80. The lowest BCUT2D eigenvalue weighted by molar-refractivity contribution is 0.245. The average Bonchev–Trinajstić information content (AvgIpc) is 3.07. The van der Waals surface area contributed by atoms with Crippen molar-refractivity contribution in [2.75, 3.05) is 18.4 Å². The zero-order valence-electron chi connectivity index (χ0n) is 13.6. The predicted octanol–water partition coefficient (Wildman–Crippen LogP) is 3.42. The summed E-state index contributed by atoms with van der Waals surface area (Å²) < 4.78 is 2.36. The first-order valence-electron chi connectivity index (χ1n) is 8.80. The topological polar surface area (TPSA) is 33.1 Å². The van der Waals surface area contributed by atoms with Crippen LogP contribution >= 0.6 is 0 Å². The molecule has 1 aliphatic heterocycles. The van der Waals surface area contributed by atoms with Gasteiger partial charge in [-0.05, 0) is 45.7 Å². The minimum atomic E-state index is 0.630. The van der Waals surface area contributed by atoms with Gasteiger partial charge in [-0.15, -0.1) is 0 Å².